The Morgan fingerprint density at radius 3 is 2.61 bits per heavy atom. The zero-order chi connectivity index (χ0) is 19.7. The highest BCUT2D eigenvalue weighted by Crippen LogP contribution is 2.24. The zero-order valence-electron chi connectivity index (χ0n) is 16.1. The second-order valence-electron chi connectivity index (χ2n) is 7.26. The number of hydrogen-bond donors (Lipinski definition) is 1. The van der Waals surface area contributed by atoms with Crippen LogP contribution in [0.5, 0.6) is 0 Å². The number of nitrogens with zero attached hydrogens (tertiary/aromatic N) is 3. The van der Waals surface area contributed by atoms with Gasteiger partial charge in [-0.1, -0.05) is 12.1 Å². The van der Waals surface area contributed by atoms with Gasteiger partial charge in [-0.15, -0.1) is 0 Å². The van der Waals surface area contributed by atoms with E-state index in [1.165, 1.54) is 10.3 Å². The minimum absolute atomic E-state index is 0.0878. The van der Waals surface area contributed by atoms with Gasteiger partial charge in [-0.05, 0) is 49.9 Å². The lowest BCUT2D eigenvalue weighted by atomic mass is 10.1. The quantitative estimate of drug-likeness (QED) is 0.752. The molecule has 0 radical (unpaired) electrons. The number of carbonyl (C=O) groups is 1. The van der Waals surface area contributed by atoms with Crippen LogP contribution in [0.25, 0.3) is 11.1 Å². The maximum absolute atomic E-state index is 12.5. The molecule has 2 heterocycles. The first-order valence-corrected chi connectivity index (χ1v) is 9.43. The summed E-state index contributed by atoms with van der Waals surface area (Å²) in [5.74, 6) is -0.789. The van der Waals surface area contributed by atoms with E-state index in [9.17, 15) is 9.59 Å². The third-order valence-corrected chi connectivity index (χ3v) is 5.23. The summed E-state index contributed by atoms with van der Waals surface area (Å²) in [5.41, 5.74) is 4.01. The zero-order valence-corrected chi connectivity index (χ0v) is 16.1. The number of fused-ring (bicyclic) bond motifs is 1. The van der Waals surface area contributed by atoms with E-state index in [2.05, 4.69) is 28.2 Å². The minimum Gasteiger partial charge on any atom is -0.408 e. The van der Waals surface area contributed by atoms with Crippen LogP contribution in [-0.4, -0.2) is 48.6 Å². The summed E-state index contributed by atoms with van der Waals surface area (Å²) < 4.78 is 6.53. The van der Waals surface area contributed by atoms with Crippen LogP contribution in [0.3, 0.4) is 0 Å². The van der Waals surface area contributed by atoms with Crippen LogP contribution < -0.4 is 16.0 Å². The third-order valence-electron chi connectivity index (χ3n) is 5.23. The van der Waals surface area contributed by atoms with Gasteiger partial charge in [-0.3, -0.25) is 9.36 Å². The summed E-state index contributed by atoms with van der Waals surface area (Å²) in [6.07, 6.45) is 0. The molecule has 1 aromatic heterocycles. The fraction of sp³-hybridized carbons (Fsp3) is 0.333. The number of rotatable bonds is 4. The molecule has 0 aliphatic carbocycles. The number of amides is 1. The number of para-hydroxylation sites is 2. The van der Waals surface area contributed by atoms with E-state index in [-0.39, 0.29) is 12.5 Å². The number of piperazine rings is 1. The lowest BCUT2D eigenvalue weighted by Gasteiger charge is -2.34. The average Bonchev–Trinajstić information content (AvgIpc) is 2.99. The number of anilines is 2. The normalized spacial score (nSPS) is 15.1. The van der Waals surface area contributed by atoms with Gasteiger partial charge in [0, 0.05) is 37.6 Å². The summed E-state index contributed by atoms with van der Waals surface area (Å²) in [4.78, 5) is 29.2. The molecule has 1 amide bonds. The van der Waals surface area contributed by atoms with Crippen molar-refractivity contribution in [1.82, 2.24) is 9.47 Å². The van der Waals surface area contributed by atoms with Crippen molar-refractivity contribution < 1.29 is 9.21 Å². The van der Waals surface area contributed by atoms with Gasteiger partial charge in [0.25, 0.3) is 0 Å². The van der Waals surface area contributed by atoms with Crippen molar-refractivity contribution in [2.75, 3.05) is 43.4 Å². The number of oxazole rings is 1. The fourth-order valence-electron chi connectivity index (χ4n) is 3.55. The van der Waals surface area contributed by atoms with Gasteiger partial charge < -0.3 is 19.5 Å². The predicted molar refractivity (Wildman–Crippen MR) is 110 cm³/mol. The molecule has 1 aliphatic rings. The highest BCUT2D eigenvalue weighted by Gasteiger charge is 2.16. The molecule has 1 fully saturated rings. The number of carbonyl (C=O) groups excluding carboxylic acids is 1. The molecule has 2 aromatic carbocycles. The topological polar surface area (TPSA) is 70.7 Å². The van der Waals surface area contributed by atoms with Gasteiger partial charge in [-0.25, -0.2) is 4.79 Å². The van der Waals surface area contributed by atoms with Crippen molar-refractivity contribution in [1.29, 1.82) is 0 Å². The average molecular weight is 380 g/mol. The summed E-state index contributed by atoms with van der Waals surface area (Å²) in [6.45, 7) is 5.98. The van der Waals surface area contributed by atoms with Crippen LogP contribution >= 0.6 is 0 Å². The molecule has 28 heavy (non-hydrogen) atoms. The number of likely N-dealkylation sites (N-methyl/N-ethyl adjacent to an activating group) is 1. The van der Waals surface area contributed by atoms with E-state index in [4.69, 9.17) is 4.42 Å². The van der Waals surface area contributed by atoms with Gasteiger partial charge in [-0.2, -0.15) is 0 Å². The molecule has 4 rings (SSSR count). The van der Waals surface area contributed by atoms with Crippen LogP contribution in [-0.2, 0) is 11.3 Å². The maximum atomic E-state index is 12.5. The highest BCUT2D eigenvalue weighted by atomic mass is 16.4. The molecule has 1 N–H and O–H groups in total. The van der Waals surface area contributed by atoms with E-state index < -0.39 is 5.76 Å². The van der Waals surface area contributed by atoms with E-state index in [1.54, 1.807) is 18.2 Å². The van der Waals surface area contributed by atoms with Crippen LogP contribution in [0.15, 0.2) is 51.7 Å². The Hall–Kier alpha value is -3.06. The first-order chi connectivity index (χ1) is 13.5. The molecular formula is C21H24N4O3. The standard InChI is InChI=1S/C21H24N4O3/c1-15-13-16(24-11-9-23(2)10-12-24)7-8-17(15)22-20(26)14-25-18-5-3-4-6-19(18)28-21(25)27/h3-8,13H,9-12,14H2,1-2H3,(H,22,26). The second-order valence-corrected chi connectivity index (χ2v) is 7.26. The molecule has 0 saturated carbocycles. The predicted octanol–water partition coefficient (Wildman–Crippen LogP) is 2.29. The van der Waals surface area contributed by atoms with Crippen LogP contribution in [0.1, 0.15) is 5.56 Å². The summed E-state index contributed by atoms with van der Waals surface area (Å²) in [5, 5.41) is 2.91. The fourth-order valence-corrected chi connectivity index (χ4v) is 3.55. The molecule has 1 aliphatic heterocycles. The summed E-state index contributed by atoms with van der Waals surface area (Å²) in [7, 11) is 2.13. The monoisotopic (exact) mass is 380 g/mol. The van der Waals surface area contributed by atoms with Crippen molar-refractivity contribution in [2.24, 2.45) is 0 Å². The molecule has 1 saturated heterocycles. The van der Waals surface area contributed by atoms with Crippen LogP contribution in [0, 0.1) is 6.92 Å². The van der Waals surface area contributed by atoms with Crippen LogP contribution in [0.4, 0.5) is 11.4 Å². The van der Waals surface area contributed by atoms with Gasteiger partial charge in [0.1, 0.15) is 6.54 Å². The Bertz CT molecular complexity index is 1060. The molecule has 7 heteroatoms. The van der Waals surface area contributed by atoms with Crippen molar-refractivity contribution in [3.8, 4) is 0 Å². The van der Waals surface area contributed by atoms with E-state index >= 15 is 0 Å². The molecule has 146 valence electrons. The van der Waals surface area contributed by atoms with Gasteiger partial charge in [0.15, 0.2) is 5.58 Å². The lowest BCUT2D eigenvalue weighted by molar-refractivity contribution is -0.116. The molecule has 0 spiro atoms. The van der Waals surface area contributed by atoms with Gasteiger partial charge >= 0.3 is 5.76 Å². The van der Waals surface area contributed by atoms with Crippen molar-refractivity contribution in [3.05, 3.63) is 58.6 Å². The Morgan fingerprint density at radius 2 is 1.86 bits per heavy atom. The van der Waals surface area contributed by atoms with Crippen molar-refractivity contribution >= 4 is 28.4 Å². The van der Waals surface area contributed by atoms with Crippen LogP contribution in [0.2, 0.25) is 0 Å². The minimum atomic E-state index is -0.529. The van der Waals surface area contributed by atoms with Gasteiger partial charge in [0.2, 0.25) is 5.91 Å². The number of aromatic nitrogens is 1. The number of aryl methyl sites for hydroxylation is 1. The Balaban J connectivity index is 1.47. The number of hydrogen-bond acceptors (Lipinski definition) is 5. The number of benzene rings is 2. The summed E-state index contributed by atoms with van der Waals surface area (Å²) in [6, 6.07) is 13.1. The highest BCUT2D eigenvalue weighted by molar-refractivity contribution is 5.92. The Morgan fingerprint density at radius 1 is 1.11 bits per heavy atom. The smallest absolute Gasteiger partial charge is 0.408 e. The van der Waals surface area contributed by atoms with Gasteiger partial charge in [0.05, 0.1) is 5.52 Å². The Labute approximate surface area is 163 Å². The maximum Gasteiger partial charge on any atom is 0.420 e. The molecule has 0 unspecified atom stereocenters. The lowest BCUT2D eigenvalue weighted by Crippen LogP contribution is -2.44. The van der Waals surface area contributed by atoms with E-state index in [1.807, 2.05) is 25.1 Å². The number of nitrogens with one attached hydrogen (secondary N) is 1. The Kier molecular flexibility index (Phi) is 4.92. The second kappa shape index (κ2) is 7.52. The SMILES string of the molecule is Cc1cc(N2CCN(C)CC2)ccc1NC(=O)Cn1c(=O)oc2ccccc21. The third kappa shape index (κ3) is 3.66. The van der Waals surface area contributed by atoms with E-state index in [0.29, 0.717) is 11.1 Å². The van der Waals surface area contributed by atoms with Crippen molar-refractivity contribution in [2.45, 2.75) is 13.5 Å². The molecular weight excluding hydrogens is 356 g/mol. The van der Waals surface area contributed by atoms with Crippen molar-refractivity contribution in [3.63, 3.8) is 0 Å². The van der Waals surface area contributed by atoms with E-state index in [0.717, 1.165) is 37.4 Å². The molecule has 0 bridgehead atoms. The molecule has 0 atom stereocenters. The summed E-state index contributed by atoms with van der Waals surface area (Å²) >= 11 is 0. The largest absolute Gasteiger partial charge is 0.420 e. The molecule has 3 aromatic rings. The molecule has 7 nitrogen and oxygen atoms in total. The first-order valence-electron chi connectivity index (χ1n) is 9.43. The first kappa shape index (κ1) is 18.3.